The van der Waals surface area contributed by atoms with Crippen molar-refractivity contribution in [3.63, 3.8) is 0 Å². The summed E-state index contributed by atoms with van der Waals surface area (Å²) in [6, 6.07) is 5.29. The highest BCUT2D eigenvalue weighted by Crippen LogP contribution is 2.37. The number of aromatic nitrogens is 2. The number of nitrogens with zero attached hydrogens (tertiary/aromatic N) is 1. The second-order valence-electron chi connectivity index (χ2n) is 6.16. The van der Waals surface area contributed by atoms with E-state index < -0.39 is 6.10 Å². The van der Waals surface area contributed by atoms with Crippen molar-refractivity contribution < 1.29 is 4.74 Å². The van der Waals surface area contributed by atoms with Crippen LogP contribution < -0.4 is 5.56 Å². The van der Waals surface area contributed by atoms with Crippen LogP contribution in [-0.2, 0) is 4.74 Å². The molecule has 0 amide bonds. The number of methoxy groups -OCH3 is 1. The number of hydrogen-bond donors (Lipinski definition) is 1. The molecule has 1 unspecified atom stereocenters. The van der Waals surface area contributed by atoms with E-state index in [1.165, 1.54) is 12.8 Å². The summed E-state index contributed by atoms with van der Waals surface area (Å²) in [6.45, 7) is 1.74. The van der Waals surface area contributed by atoms with Gasteiger partial charge in [-0.15, -0.1) is 0 Å². The summed E-state index contributed by atoms with van der Waals surface area (Å²) >= 11 is 14.3. The lowest BCUT2D eigenvalue weighted by atomic mass is 10.0. The third-order valence-electron chi connectivity index (χ3n) is 4.49. The zero-order valence-electron chi connectivity index (χ0n) is 14.1. The molecule has 1 heterocycles. The minimum atomic E-state index is -0.591. The Kier molecular flexibility index (Phi) is 6.10. The molecular formula is C18H20Cl2N2O2S. The van der Waals surface area contributed by atoms with Gasteiger partial charge in [-0.1, -0.05) is 53.9 Å². The first kappa shape index (κ1) is 18.8. The van der Waals surface area contributed by atoms with E-state index >= 15 is 0 Å². The van der Waals surface area contributed by atoms with E-state index in [-0.39, 0.29) is 5.56 Å². The molecule has 0 radical (unpaired) electrons. The lowest BCUT2D eigenvalue weighted by Crippen LogP contribution is -2.20. The molecule has 134 valence electrons. The molecule has 3 rings (SSSR count). The van der Waals surface area contributed by atoms with Crippen LogP contribution >= 0.6 is 35.0 Å². The van der Waals surface area contributed by atoms with E-state index in [0.717, 1.165) is 12.8 Å². The summed E-state index contributed by atoms with van der Waals surface area (Å²) in [6.07, 6.45) is 4.18. The molecule has 1 fully saturated rings. The number of thioether (sulfide) groups is 1. The van der Waals surface area contributed by atoms with Gasteiger partial charge in [-0.3, -0.25) is 4.79 Å². The van der Waals surface area contributed by atoms with Gasteiger partial charge in [0.05, 0.1) is 5.69 Å². The van der Waals surface area contributed by atoms with Gasteiger partial charge in [0.15, 0.2) is 5.16 Å². The third-order valence-corrected chi connectivity index (χ3v) is 6.37. The minimum Gasteiger partial charge on any atom is -0.370 e. The van der Waals surface area contributed by atoms with Crippen LogP contribution in [-0.4, -0.2) is 22.3 Å². The van der Waals surface area contributed by atoms with Crippen LogP contribution in [0, 0.1) is 6.92 Å². The van der Waals surface area contributed by atoms with Crippen molar-refractivity contribution in [1.29, 1.82) is 0 Å². The van der Waals surface area contributed by atoms with Crippen molar-refractivity contribution in [2.75, 3.05) is 7.11 Å². The van der Waals surface area contributed by atoms with Crippen LogP contribution in [0.2, 0.25) is 10.0 Å². The highest BCUT2D eigenvalue weighted by Gasteiger charge is 2.26. The van der Waals surface area contributed by atoms with Crippen LogP contribution in [0.25, 0.3) is 0 Å². The van der Waals surface area contributed by atoms with Crippen molar-refractivity contribution in [2.45, 2.75) is 49.1 Å². The van der Waals surface area contributed by atoms with E-state index in [9.17, 15) is 4.79 Å². The van der Waals surface area contributed by atoms with E-state index in [2.05, 4.69) is 4.98 Å². The van der Waals surface area contributed by atoms with Gasteiger partial charge in [-0.25, -0.2) is 4.98 Å². The molecule has 0 spiro atoms. The molecule has 4 nitrogen and oxygen atoms in total. The molecule has 1 atom stereocenters. The Morgan fingerprint density at radius 3 is 2.52 bits per heavy atom. The molecule has 1 aromatic heterocycles. The SMILES string of the molecule is COC(c1nc(SC2CCCC2)[nH]c(=O)c1C)c1c(Cl)cccc1Cl. The zero-order valence-corrected chi connectivity index (χ0v) is 16.5. The largest absolute Gasteiger partial charge is 0.370 e. The Morgan fingerprint density at radius 1 is 1.28 bits per heavy atom. The Bertz CT molecular complexity index is 799. The molecule has 1 aromatic carbocycles. The van der Waals surface area contributed by atoms with Gasteiger partial charge in [0, 0.05) is 33.5 Å². The highest BCUT2D eigenvalue weighted by atomic mass is 35.5. The van der Waals surface area contributed by atoms with E-state index in [1.54, 1.807) is 44.0 Å². The molecule has 0 saturated heterocycles. The average molecular weight is 399 g/mol. The lowest BCUT2D eigenvalue weighted by molar-refractivity contribution is 0.131. The average Bonchev–Trinajstić information content (AvgIpc) is 3.08. The highest BCUT2D eigenvalue weighted by molar-refractivity contribution is 7.99. The summed E-state index contributed by atoms with van der Waals surface area (Å²) in [5.74, 6) is 0. The van der Waals surface area contributed by atoms with Crippen LogP contribution in [0.1, 0.15) is 48.6 Å². The van der Waals surface area contributed by atoms with Crippen molar-refractivity contribution in [2.24, 2.45) is 0 Å². The Hall–Kier alpha value is -1.01. The fourth-order valence-corrected chi connectivity index (χ4v) is 4.91. The number of halogens is 2. The van der Waals surface area contributed by atoms with Gasteiger partial charge in [-0.2, -0.15) is 0 Å². The van der Waals surface area contributed by atoms with Crippen LogP contribution in [0.15, 0.2) is 28.2 Å². The van der Waals surface area contributed by atoms with Crippen LogP contribution in [0.5, 0.6) is 0 Å². The van der Waals surface area contributed by atoms with Crippen molar-refractivity contribution in [3.05, 3.63) is 55.4 Å². The summed E-state index contributed by atoms with van der Waals surface area (Å²) in [4.78, 5) is 20.0. The molecule has 1 saturated carbocycles. The Labute approximate surface area is 161 Å². The van der Waals surface area contributed by atoms with Gasteiger partial charge in [0.2, 0.25) is 0 Å². The molecule has 1 N–H and O–H groups in total. The van der Waals surface area contributed by atoms with Gasteiger partial charge in [0.1, 0.15) is 6.10 Å². The molecule has 2 aromatic rings. The smallest absolute Gasteiger partial charge is 0.254 e. The monoisotopic (exact) mass is 398 g/mol. The molecule has 1 aliphatic carbocycles. The summed E-state index contributed by atoms with van der Waals surface area (Å²) in [7, 11) is 1.57. The molecule has 25 heavy (non-hydrogen) atoms. The number of ether oxygens (including phenoxy) is 1. The van der Waals surface area contributed by atoms with Gasteiger partial charge >= 0.3 is 0 Å². The fraction of sp³-hybridized carbons (Fsp3) is 0.444. The minimum absolute atomic E-state index is 0.157. The van der Waals surface area contributed by atoms with E-state index in [0.29, 0.717) is 37.3 Å². The maximum absolute atomic E-state index is 12.4. The zero-order chi connectivity index (χ0) is 18.0. The number of rotatable bonds is 5. The first-order valence-corrected chi connectivity index (χ1v) is 9.89. The Balaban J connectivity index is 2.04. The summed E-state index contributed by atoms with van der Waals surface area (Å²) in [5.41, 5.74) is 1.54. The number of benzene rings is 1. The van der Waals surface area contributed by atoms with Gasteiger partial charge < -0.3 is 9.72 Å². The quantitative estimate of drug-likeness (QED) is 0.706. The third kappa shape index (κ3) is 4.05. The number of aromatic amines is 1. The first-order valence-electron chi connectivity index (χ1n) is 8.25. The second-order valence-corrected chi connectivity index (χ2v) is 8.26. The summed E-state index contributed by atoms with van der Waals surface area (Å²) in [5, 5.41) is 2.11. The predicted octanol–water partition coefficient (Wildman–Crippen LogP) is 5.16. The number of nitrogens with one attached hydrogen (secondary N) is 1. The molecule has 0 bridgehead atoms. The molecular weight excluding hydrogens is 379 g/mol. The van der Waals surface area contributed by atoms with Crippen LogP contribution in [0.3, 0.4) is 0 Å². The predicted molar refractivity (Wildman–Crippen MR) is 103 cm³/mol. The summed E-state index contributed by atoms with van der Waals surface area (Å²) < 4.78 is 5.65. The maximum Gasteiger partial charge on any atom is 0.254 e. The standard InChI is InChI=1S/C18H20Cl2N2O2S/c1-10-15(16(24-2)14-12(19)8-5-9-13(14)20)21-18(22-17(10)23)25-11-6-3-4-7-11/h5,8-9,11,16H,3-4,6-7H2,1-2H3,(H,21,22,23). The van der Waals surface area contributed by atoms with E-state index in [1.807, 2.05) is 0 Å². The second kappa shape index (κ2) is 8.12. The number of H-pyrrole nitrogens is 1. The van der Waals surface area contributed by atoms with Crippen molar-refractivity contribution in [1.82, 2.24) is 9.97 Å². The molecule has 1 aliphatic rings. The Morgan fingerprint density at radius 2 is 1.92 bits per heavy atom. The topological polar surface area (TPSA) is 55.0 Å². The van der Waals surface area contributed by atoms with Gasteiger partial charge in [0.25, 0.3) is 5.56 Å². The van der Waals surface area contributed by atoms with Crippen LogP contribution in [0.4, 0.5) is 0 Å². The lowest BCUT2D eigenvalue weighted by Gasteiger charge is -2.20. The van der Waals surface area contributed by atoms with E-state index in [4.69, 9.17) is 32.9 Å². The van der Waals surface area contributed by atoms with Crippen molar-refractivity contribution >= 4 is 35.0 Å². The maximum atomic E-state index is 12.4. The normalized spacial score (nSPS) is 16.3. The van der Waals surface area contributed by atoms with Gasteiger partial charge in [-0.05, 0) is 31.9 Å². The number of hydrogen-bond acceptors (Lipinski definition) is 4. The fourth-order valence-electron chi connectivity index (χ4n) is 3.13. The molecule has 0 aliphatic heterocycles. The van der Waals surface area contributed by atoms with Crippen molar-refractivity contribution in [3.8, 4) is 0 Å². The first-order chi connectivity index (χ1) is 12.0. The molecule has 7 heteroatoms.